The van der Waals surface area contributed by atoms with Gasteiger partial charge in [0.25, 0.3) is 0 Å². The Morgan fingerprint density at radius 3 is 2.85 bits per heavy atom. The van der Waals surface area contributed by atoms with Crippen LogP contribution in [-0.2, 0) is 24.1 Å². The van der Waals surface area contributed by atoms with E-state index in [1.165, 1.54) is 16.7 Å². The zero-order valence-electron chi connectivity index (χ0n) is 7.92. The summed E-state index contributed by atoms with van der Waals surface area (Å²) in [6.07, 6.45) is 4.07. The average Bonchev–Trinajstić information content (AvgIpc) is 2.58. The van der Waals surface area contributed by atoms with Crippen molar-refractivity contribution >= 4 is 6.29 Å². The second-order valence-electron chi connectivity index (χ2n) is 3.76. The molecule has 1 aliphatic rings. The van der Waals surface area contributed by atoms with Crippen molar-refractivity contribution in [2.75, 3.05) is 0 Å². The molecule has 0 saturated carbocycles. The van der Waals surface area contributed by atoms with E-state index in [0.717, 1.165) is 25.5 Å². The van der Waals surface area contributed by atoms with Gasteiger partial charge in [0.1, 0.15) is 6.29 Å². The number of rotatable bonds is 2. The molecule has 0 aliphatic heterocycles. The van der Waals surface area contributed by atoms with Crippen molar-refractivity contribution in [2.24, 2.45) is 5.92 Å². The molecule has 0 spiro atoms. The number of hydrogen-bond acceptors (Lipinski definition) is 1. The molecule has 0 fully saturated rings. The second-order valence-corrected chi connectivity index (χ2v) is 3.76. The highest BCUT2D eigenvalue weighted by Gasteiger charge is 2.20. The molecule has 0 saturated heterocycles. The number of carbonyl (C=O) groups excluding carboxylic acids is 1. The Kier molecular flexibility index (Phi) is 2.17. The van der Waals surface area contributed by atoms with Gasteiger partial charge in [0.15, 0.2) is 0 Å². The van der Waals surface area contributed by atoms with Gasteiger partial charge in [-0.3, -0.25) is 0 Å². The number of fused-ring (bicyclic) bond motifs is 1. The van der Waals surface area contributed by atoms with Gasteiger partial charge in [-0.15, -0.1) is 0 Å². The zero-order chi connectivity index (χ0) is 9.26. The predicted octanol–water partition coefficient (Wildman–Crippen LogP) is 2.16. The van der Waals surface area contributed by atoms with Gasteiger partial charge in [0.2, 0.25) is 0 Å². The molecule has 0 amide bonds. The first-order chi connectivity index (χ1) is 6.33. The minimum absolute atomic E-state index is 0.238. The summed E-state index contributed by atoms with van der Waals surface area (Å²) in [6, 6.07) is 6.60. The Morgan fingerprint density at radius 1 is 1.38 bits per heavy atom. The Morgan fingerprint density at radius 2 is 2.15 bits per heavy atom. The van der Waals surface area contributed by atoms with E-state index >= 15 is 0 Å². The van der Waals surface area contributed by atoms with E-state index in [-0.39, 0.29) is 5.92 Å². The van der Waals surface area contributed by atoms with Crippen molar-refractivity contribution in [2.45, 2.75) is 26.2 Å². The molecule has 13 heavy (non-hydrogen) atoms. The smallest absolute Gasteiger partial charge is 0.123 e. The highest BCUT2D eigenvalue weighted by molar-refractivity contribution is 5.58. The van der Waals surface area contributed by atoms with Crippen LogP contribution in [0.5, 0.6) is 0 Å². The monoisotopic (exact) mass is 174 g/mol. The molecule has 1 heteroatoms. The second kappa shape index (κ2) is 3.33. The van der Waals surface area contributed by atoms with Crippen molar-refractivity contribution in [1.82, 2.24) is 0 Å². The SMILES string of the molecule is CCc1ccc2c(c1)C[C@H](C=O)C2. The number of aldehydes is 1. The molecule has 1 aromatic rings. The molecule has 1 aromatic carbocycles. The summed E-state index contributed by atoms with van der Waals surface area (Å²) in [6.45, 7) is 2.16. The zero-order valence-corrected chi connectivity index (χ0v) is 7.92. The van der Waals surface area contributed by atoms with Gasteiger partial charge < -0.3 is 4.79 Å². The summed E-state index contributed by atoms with van der Waals surface area (Å²) < 4.78 is 0. The topological polar surface area (TPSA) is 17.1 Å². The van der Waals surface area contributed by atoms with Crippen LogP contribution in [0.15, 0.2) is 18.2 Å². The van der Waals surface area contributed by atoms with Crippen LogP contribution < -0.4 is 0 Å². The van der Waals surface area contributed by atoms with E-state index < -0.39 is 0 Å². The Bertz CT molecular complexity index is 328. The van der Waals surface area contributed by atoms with Gasteiger partial charge >= 0.3 is 0 Å². The Balaban J connectivity index is 2.30. The van der Waals surface area contributed by atoms with Crippen LogP contribution in [0.25, 0.3) is 0 Å². The summed E-state index contributed by atoms with van der Waals surface area (Å²) in [4.78, 5) is 10.6. The molecule has 1 nitrogen and oxygen atoms in total. The van der Waals surface area contributed by atoms with Crippen LogP contribution in [0.4, 0.5) is 0 Å². The van der Waals surface area contributed by atoms with Gasteiger partial charge in [-0.2, -0.15) is 0 Å². The first kappa shape index (κ1) is 8.49. The van der Waals surface area contributed by atoms with Gasteiger partial charge in [0, 0.05) is 5.92 Å². The lowest BCUT2D eigenvalue weighted by molar-refractivity contribution is -0.110. The molecule has 68 valence electrons. The lowest BCUT2D eigenvalue weighted by Gasteiger charge is -2.00. The number of carbonyl (C=O) groups is 1. The molecule has 0 aromatic heterocycles. The Hall–Kier alpha value is -1.11. The molecule has 0 unspecified atom stereocenters. The largest absolute Gasteiger partial charge is 0.303 e. The standard InChI is InChI=1S/C12H14O/c1-2-9-3-4-11-6-10(8-13)7-12(11)5-9/h3-5,8,10H,2,6-7H2,1H3/t10-/m1/s1. The van der Waals surface area contributed by atoms with Gasteiger partial charge in [-0.05, 0) is 36.0 Å². The molecule has 1 atom stereocenters. The number of hydrogen-bond donors (Lipinski definition) is 0. The third kappa shape index (κ3) is 1.51. The van der Waals surface area contributed by atoms with Crippen molar-refractivity contribution < 1.29 is 4.79 Å². The third-order valence-electron chi connectivity index (χ3n) is 2.84. The van der Waals surface area contributed by atoms with E-state index in [1.807, 2.05) is 0 Å². The van der Waals surface area contributed by atoms with E-state index in [1.54, 1.807) is 0 Å². The summed E-state index contributed by atoms with van der Waals surface area (Å²) >= 11 is 0. The lowest BCUT2D eigenvalue weighted by Crippen LogP contribution is -1.99. The van der Waals surface area contributed by atoms with Crippen LogP contribution in [-0.4, -0.2) is 6.29 Å². The highest BCUT2D eigenvalue weighted by Crippen LogP contribution is 2.26. The maximum atomic E-state index is 10.6. The van der Waals surface area contributed by atoms with Crippen molar-refractivity contribution in [3.05, 3.63) is 34.9 Å². The lowest BCUT2D eigenvalue weighted by atomic mass is 10.1. The maximum Gasteiger partial charge on any atom is 0.123 e. The average molecular weight is 174 g/mol. The molecule has 0 bridgehead atoms. The quantitative estimate of drug-likeness (QED) is 0.628. The first-order valence-electron chi connectivity index (χ1n) is 4.89. The summed E-state index contributed by atoms with van der Waals surface area (Å²) in [5, 5.41) is 0. The van der Waals surface area contributed by atoms with E-state index in [4.69, 9.17) is 0 Å². The molecule has 0 radical (unpaired) electrons. The van der Waals surface area contributed by atoms with Gasteiger partial charge in [-0.1, -0.05) is 25.1 Å². The molecule has 0 heterocycles. The fraction of sp³-hybridized carbons (Fsp3) is 0.417. The van der Waals surface area contributed by atoms with E-state index in [9.17, 15) is 4.79 Å². The Labute approximate surface area is 78.8 Å². The van der Waals surface area contributed by atoms with Gasteiger partial charge in [-0.25, -0.2) is 0 Å². The maximum absolute atomic E-state index is 10.6. The number of aryl methyl sites for hydroxylation is 1. The summed E-state index contributed by atoms with van der Waals surface area (Å²) in [5.74, 6) is 0.238. The fourth-order valence-electron chi connectivity index (χ4n) is 2.02. The molecule has 0 N–H and O–H groups in total. The van der Waals surface area contributed by atoms with E-state index in [0.29, 0.717) is 0 Å². The van der Waals surface area contributed by atoms with Crippen molar-refractivity contribution in [3.8, 4) is 0 Å². The van der Waals surface area contributed by atoms with E-state index in [2.05, 4.69) is 25.1 Å². The predicted molar refractivity (Wildman–Crippen MR) is 52.8 cm³/mol. The normalized spacial score (nSPS) is 19.9. The number of benzene rings is 1. The molecule has 1 aliphatic carbocycles. The third-order valence-corrected chi connectivity index (χ3v) is 2.84. The van der Waals surface area contributed by atoms with Gasteiger partial charge in [0.05, 0.1) is 0 Å². The molecular weight excluding hydrogens is 160 g/mol. The summed E-state index contributed by atoms with van der Waals surface area (Å²) in [7, 11) is 0. The molecule has 2 rings (SSSR count). The van der Waals surface area contributed by atoms with Crippen LogP contribution in [0.2, 0.25) is 0 Å². The van der Waals surface area contributed by atoms with Crippen LogP contribution in [0, 0.1) is 5.92 Å². The summed E-state index contributed by atoms with van der Waals surface area (Å²) in [5.41, 5.74) is 4.14. The fourth-order valence-corrected chi connectivity index (χ4v) is 2.02. The first-order valence-corrected chi connectivity index (χ1v) is 4.89. The minimum atomic E-state index is 0.238. The minimum Gasteiger partial charge on any atom is -0.303 e. The van der Waals surface area contributed by atoms with Crippen LogP contribution >= 0.6 is 0 Å². The van der Waals surface area contributed by atoms with Crippen molar-refractivity contribution in [1.29, 1.82) is 0 Å². The van der Waals surface area contributed by atoms with Crippen molar-refractivity contribution in [3.63, 3.8) is 0 Å². The highest BCUT2D eigenvalue weighted by atomic mass is 16.1. The van der Waals surface area contributed by atoms with Crippen LogP contribution in [0.3, 0.4) is 0 Å². The molecular formula is C12H14O. The van der Waals surface area contributed by atoms with Crippen LogP contribution in [0.1, 0.15) is 23.6 Å².